The molecule has 0 amide bonds. The maximum atomic E-state index is 12.1. The van der Waals surface area contributed by atoms with Crippen molar-refractivity contribution in [3.05, 3.63) is 37.0 Å². The fraction of sp³-hybridized carbons (Fsp3) is 0.667. The van der Waals surface area contributed by atoms with Crippen LogP contribution in [0.5, 0.6) is 0 Å². The predicted octanol–water partition coefficient (Wildman–Crippen LogP) is 4.35. The van der Waals surface area contributed by atoms with Gasteiger partial charge in [-0.25, -0.2) is 0 Å². The molecule has 3 atom stereocenters. The number of hydrogen-bond donors (Lipinski definition) is 2. The van der Waals surface area contributed by atoms with Crippen LogP contribution in [0.15, 0.2) is 37.0 Å². The topological polar surface area (TPSA) is 57.5 Å². The molecule has 1 aliphatic carbocycles. The Kier molecular flexibility index (Phi) is 9.89. The van der Waals surface area contributed by atoms with Crippen molar-refractivity contribution in [3.8, 4) is 0 Å². The molecule has 0 aromatic rings. The molecular weight excluding hydrogens is 300 g/mol. The van der Waals surface area contributed by atoms with Gasteiger partial charge in [0.2, 0.25) is 0 Å². The molecular formula is C21H34O3. The van der Waals surface area contributed by atoms with Crippen LogP contribution in [0.2, 0.25) is 0 Å². The average molecular weight is 335 g/mol. The van der Waals surface area contributed by atoms with Gasteiger partial charge in [-0.05, 0) is 31.8 Å². The van der Waals surface area contributed by atoms with E-state index in [1.54, 1.807) is 12.2 Å². The molecule has 0 aromatic heterocycles. The van der Waals surface area contributed by atoms with Crippen molar-refractivity contribution in [2.24, 2.45) is 11.8 Å². The Morgan fingerprint density at radius 2 is 1.96 bits per heavy atom. The normalized spacial score (nSPS) is 23.0. The predicted molar refractivity (Wildman–Crippen MR) is 99.7 cm³/mol. The van der Waals surface area contributed by atoms with Crippen molar-refractivity contribution in [1.82, 2.24) is 0 Å². The largest absolute Gasteiger partial charge is 0.396 e. The lowest BCUT2D eigenvalue weighted by Gasteiger charge is -2.22. The van der Waals surface area contributed by atoms with E-state index in [1.165, 1.54) is 0 Å². The molecule has 1 unspecified atom stereocenters. The molecule has 0 aliphatic heterocycles. The van der Waals surface area contributed by atoms with Gasteiger partial charge in [0.25, 0.3) is 0 Å². The molecule has 0 radical (unpaired) electrons. The van der Waals surface area contributed by atoms with Gasteiger partial charge in [-0.15, -0.1) is 6.58 Å². The maximum absolute atomic E-state index is 12.1. The molecule has 1 rings (SSSR count). The van der Waals surface area contributed by atoms with E-state index in [9.17, 15) is 9.90 Å². The Hall–Kier alpha value is -1.19. The van der Waals surface area contributed by atoms with Crippen LogP contribution in [0.4, 0.5) is 0 Å². The van der Waals surface area contributed by atoms with Gasteiger partial charge < -0.3 is 10.2 Å². The highest BCUT2D eigenvalue weighted by atomic mass is 16.3. The lowest BCUT2D eigenvalue weighted by molar-refractivity contribution is -0.118. The third kappa shape index (κ3) is 7.14. The number of aliphatic hydroxyl groups excluding tert-OH is 1. The Labute approximate surface area is 147 Å². The molecule has 0 saturated heterocycles. The van der Waals surface area contributed by atoms with E-state index in [4.69, 9.17) is 5.11 Å². The molecule has 0 bridgehead atoms. The summed E-state index contributed by atoms with van der Waals surface area (Å²) in [6, 6.07) is 0. The van der Waals surface area contributed by atoms with Gasteiger partial charge in [0.05, 0.1) is 5.60 Å². The van der Waals surface area contributed by atoms with E-state index in [0.717, 1.165) is 44.9 Å². The Morgan fingerprint density at radius 3 is 2.62 bits per heavy atom. The van der Waals surface area contributed by atoms with Gasteiger partial charge in [0, 0.05) is 18.4 Å². The lowest BCUT2D eigenvalue weighted by Crippen LogP contribution is -2.24. The molecule has 0 saturated carbocycles. The fourth-order valence-electron chi connectivity index (χ4n) is 3.34. The second-order valence-corrected chi connectivity index (χ2v) is 6.92. The Bertz CT molecular complexity index is 438. The number of carbonyl (C=O) groups excluding carboxylic acids is 1. The van der Waals surface area contributed by atoms with Crippen LogP contribution in [0, 0.1) is 11.8 Å². The van der Waals surface area contributed by atoms with Crippen LogP contribution >= 0.6 is 0 Å². The number of aliphatic hydroxyl groups is 2. The van der Waals surface area contributed by atoms with Crippen molar-refractivity contribution in [1.29, 1.82) is 0 Å². The van der Waals surface area contributed by atoms with Crippen molar-refractivity contribution in [2.75, 3.05) is 6.61 Å². The summed E-state index contributed by atoms with van der Waals surface area (Å²) in [5.41, 5.74) is -0.834. The zero-order chi connectivity index (χ0) is 17.8. The van der Waals surface area contributed by atoms with Crippen molar-refractivity contribution in [2.45, 2.75) is 70.3 Å². The number of allylic oxidation sites excluding steroid dienone is 3. The standard InChI is InChI=1S/C21H34O3/c1-3-15-21(24,4-2)16-10-11-18-13-14-20(23)19(18)12-8-6-5-7-9-17-22/h4,10-11,13-14,18-19,22,24H,2-3,5-9,12,15-17H2,1H3/t18-,19+,21?/m0/s1. The number of rotatable bonds is 13. The zero-order valence-electron chi connectivity index (χ0n) is 15.1. The van der Waals surface area contributed by atoms with Crippen molar-refractivity contribution < 1.29 is 15.0 Å². The molecule has 3 heteroatoms. The lowest BCUT2D eigenvalue weighted by atomic mass is 9.87. The van der Waals surface area contributed by atoms with Gasteiger partial charge in [-0.3, -0.25) is 4.79 Å². The van der Waals surface area contributed by atoms with E-state index in [-0.39, 0.29) is 24.2 Å². The first-order valence-electron chi connectivity index (χ1n) is 9.42. The van der Waals surface area contributed by atoms with Crippen LogP contribution in [-0.2, 0) is 4.79 Å². The average Bonchev–Trinajstić information content (AvgIpc) is 2.91. The molecule has 1 aliphatic rings. The smallest absolute Gasteiger partial charge is 0.159 e. The van der Waals surface area contributed by atoms with E-state index in [2.05, 4.69) is 12.7 Å². The molecule has 0 spiro atoms. The van der Waals surface area contributed by atoms with Gasteiger partial charge in [0.15, 0.2) is 5.78 Å². The van der Waals surface area contributed by atoms with Crippen LogP contribution in [0.1, 0.15) is 64.7 Å². The number of unbranched alkanes of at least 4 members (excludes halogenated alkanes) is 4. The highest BCUT2D eigenvalue weighted by Gasteiger charge is 2.28. The summed E-state index contributed by atoms with van der Waals surface area (Å²) in [6.07, 6.45) is 17.7. The summed E-state index contributed by atoms with van der Waals surface area (Å²) in [7, 11) is 0. The minimum atomic E-state index is -0.834. The first-order chi connectivity index (χ1) is 11.6. The summed E-state index contributed by atoms with van der Waals surface area (Å²) in [5.74, 6) is 0.445. The Morgan fingerprint density at radius 1 is 1.25 bits per heavy atom. The van der Waals surface area contributed by atoms with Gasteiger partial charge in [0.1, 0.15) is 0 Å². The quantitative estimate of drug-likeness (QED) is 0.389. The third-order valence-electron chi connectivity index (χ3n) is 4.88. The van der Waals surface area contributed by atoms with E-state index < -0.39 is 5.60 Å². The summed E-state index contributed by atoms with van der Waals surface area (Å²) in [4.78, 5) is 12.1. The molecule has 2 N–H and O–H groups in total. The monoisotopic (exact) mass is 334 g/mol. The molecule has 0 fully saturated rings. The third-order valence-corrected chi connectivity index (χ3v) is 4.88. The van der Waals surface area contributed by atoms with Gasteiger partial charge in [-0.1, -0.05) is 63.3 Å². The molecule has 0 aromatic carbocycles. The minimum Gasteiger partial charge on any atom is -0.396 e. The van der Waals surface area contributed by atoms with E-state index in [0.29, 0.717) is 12.8 Å². The summed E-state index contributed by atoms with van der Waals surface area (Å²) in [5, 5.41) is 19.2. The molecule has 0 heterocycles. The number of carbonyl (C=O) groups is 1. The molecule has 24 heavy (non-hydrogen) atoms. The fourth-order valence-corrected chi connectivity index (χ4v) is 3.34. The summed E-state index contributed by atoms with van der Waals surface area (Å²) in [6.45, 7) is 6.05. The van der Waals surface area contributed by atoms with E-state index >= 15 is 0 Å². The Balaban J connectivity index is 2.42. The number of ketones is 1. The van der Waals surface area contributed by atoms with Gasteiger partial charge >= 0.3 is 0 Å². The van der Waals surface area contributed by atoms with Gasteiger partial charge in [-0.2, -0.15) is 0 Å². The van der Waals surface area contributed by atoms with Crippen molar-refractivity contribution in [3.63, 3.8) is 0 Å². The highest BCUT2D eigenvalue weighted by molar-refractivity contribution is 5.94. The highest BCUT2D eigenvalue weighted by Crippen LogP contribution is 2.29. The van der Waals surface area contributed by atoms with Crippen LogP contribution in [0.3, 0.4) is 0 Å². The minimum absolute atomic E-state index is 0.0575. The summed E-state index contributed by atoms with van der Waals surface area (Å²) >= 11 is 0. The first kappa shape index (κ1) is 20.9. The maximum Gasteiger partial charge on any atom is 0.159 e. The second-order valence-electron chi connectivity index (χ2n) is 6.92. The summed E-state index contributed by atoms with van der Waals surface area (Å²) < 4.78 is 0. The second kappa shape index (κ2) is 11.4. The number of hydrogen-bond acceptors (Lipinski definition) is 3. The molecule has 3 nitrogen and oxygen atoms in total. The van der Waals surface area contributed by atoms with Crippen molar-refractivity contribution >= 4 is 5.78 Å². The van der Waals surface area contributed by atoms with E-state index in [1.807, 2.05) is 19.1 Å². The van der Waals surface area contributed by atoms with Crippen LogP contribution < -0.4 is 0 Å². The SMILES string of the molecule is C=CC(O)(CC=C[C@H]1C=CC(=O)[C@@H]1CCCCCCCO)CCC. The molecule has 136 valence electrons. The first-order valence-corrected chi connectivity index (χ1v) is 9.42. The van der Waals surface area contributed by atoms with Crippen LogP contribution in [-0.4, -0.2) is 28.2 Å². The zero-order valence-corrected chi connectivity index (χ0v) is 15.1. The van der Waals surface area contributed by atoms with Crippen LogP contribution in [0.25, 0.3) is 0 Å².